The maximum Gasteiger partial charge on any atom is 0.0643 e. The highest BCUT2D eigenvalue weighted by atomic mass is 79.9. The quantitative estimate of drug-likeness (QED) is 0.895. The lowest BCUT2D eigenvalue weighted by Crippen LogP contribution is -2.15. The monoisotopic (exact) mass is 347 g/mol. The van der Waals surface area contributed by atoms with Crippen molar-refractivity contribution in [2.45, 2.75) is 51.1 Å². The van der Waals surface area contributed by atoms with Crippen molar-refractivity contribution in [3.63, 3.8) is 0 Å². The van der Waals surface area contributed by atoms with Crippen molar-refractivity contribution >= 4 is 15.9 Å². The third kappa shape index (κ3) is 3.38. The van der Waals surface area contributed by atoms with Crippen molar-refractivity contribution in [3.05, 3.63) is 51.8 Å². The maximum atomic E-state index is 6.39. The van der Waals surface area contributed by atoms with Crippen molar-refractivity contribution in [1.29, 1.82) is 0 Å². The van der Waals surface area contributed by atoms with Crippen molar-refractivity contribution in [2.75, 3.05) is 0 Å². The molecular formula is C17H22BrN3. The molecule has 3 nitrogen and oxygen atoms in total. The van der Waals surface area contributed by atoms with Gasteiger partial charge in [0.25, 0.3) is 0 Å². The Kier molecular flexibility index (Phi) is 4.45. The molecule has 1 heterocycles. The molecule has 4 heteroatoms. The molecule has 0 spiro atoms. The third-order valence-corrected chi connectivity index (χ3v) is 4.93. The molecule has 3 rings (SSSR count). The van der Waals surface area contributed by atoms with Crippen LogP contribution in [-0.4, -0.2) is 9.78 Å². The highest BCUT2D eigenvalue weighted by molar-refractivity contribution is 9.10. The van der Waals surface area contributed by atoms with Crippen LogP contribution < -0.4 is 5.73 Å². The second-order valence-electron chi connectivity index (χ2n) is 6.04. The molecule has 0 amide bonds. The lowest BCUT2D eigenvalue weighted by Gasteiger charge is -2.14. The molecule has 0 saturated heterocycles. The van der Waals surface area contributed by atoms with E-state index in [-0.39, 0.29) is 6.04 Å². The topological polar surface area (TPSA) is 43.8 Å². The molecule has 0 aliphatic heterocycles. The number of nitrogens with zero attached hydrogens (tertiary/aromatic N) is 2. The fraction of sp³-hybridized carbons (Fsp3) is 0.471. The zero-order valence-electron chi connectivity index (χ0n) is 12.4. The average Bonchev–Trinajstić information content (AvgIpc) is 3.11. The fourth-order valence-corrected chi connectivity index (χ4v) is 3.58. The van der Waals surface area contributed by atoms with Crippen LogP contribution in [0.3, 0.4) is 0 Å². The van der Waals surface area contributed by atoms with Crippen molar-refractivity contribution in [1.82, 2.24) is 9.78 Å². The Balaban J connectivity index is 1.72. The van der Waals surface area contributed by atoms with E-state index >= 15 is 0 Å². The minimum absolute atomic E-state index is 0.00516. The van der Waals surface area contributed by atoms with Gasteiger partial charge < -0.3 is 5.73 Å². The van der Waals surface area contributed by atoms with E-state index in [1.54, 1.807) is 0 Å². The first-order chi connectivity index (χ1) is 10.1. The van der Waals surface area contributed by atoms with Crippen LogP contribution in [0, 0.1) is 6.92 Å². The zero-order valence-corrected chi connectivity index (χ0v) is 14.0. The summed E-state index contributed by atoms with van der Waals surface area (Å²) in [6.45, 7) is 2.11. The summed E-state index contributed by atoms with van der Waals surface area (Å²) in [7, 11) is 0. The molecule has 112 valence electrons. The first-order valence-electron chi connectivity index (χ1n) is 7.69. The zero-order chi connectivity index (χ0) is 14.8. The molecule has 21 heavy (non-hydrogen) atoms. The van der Waals surface area contributed by atoms with Gasteiger partial charge in [0.05, 0.1) is 11.7 Å². The van der Waals surface area contributed by atoms with E-state index in [9.17, 15) is 0 Å². The maximum absolute atomic E-state index is 6.39. The van der Waals surface area contributed by atoms with Gasteiger partial charge in [-0.25, -0.2) is 0 Å². The Morgan fingerprint density at radius 3 is 2.86 bits per heavy atom. The van der Waals surface area contributed by atoms with E-state index in [0.717, 1.165) is 16.6 Å². The van der Waals surface area contributed by atoms with Gasteiger partial charge in [0.15, 0.2) is 0 Å². The predicted octanol–water partition coefficient (Wildman–Crippen LogP) is 4.31. The molecule has 0 radical (unpaired) electrons. The van der Waals surface area contributed by atoms with E-state index < -0.39 is 0 Å². The largest absolute Gasteiger partial charge is 0.324 e. The average molecular weight is 348 g/mol. The van der Waals surface area contributed by atoms with Crippen LogP contribution in [0.4, 0.5) is 0 Å². The first kappa shape index (κ1) is 14.8. The van der Waals surface area contributed by atoms with Gasteiger partial charge in [0.1, 0.15) is 0 Å². The standard InChI is InChI=1S/C17H22BrN3/c1-12-6-7-13(18)10-16(12)17(19)11-14-8-9-21(20-14)15-4-2-3-5-15/h6-10,15,17H,2-5,11,19H2,1H3. The molecule has 1 saturated carbocycles. The highest BCUT2D eigenvalue weighted by Gasteiger charge is 2.18. The van der Waals surface area contributed by atoms with Crippen molar-refractivity contribution in [2.24, 2.45) is 5.73 Å². The molecule has 1 aliphatic rings. The normalized spacial score (nSPS) is 17.3. The van der Waals surface area contributed by atoms with Gasteiger partial charge in [0.2, 0.25) is 0 Å². The van der Waals surface area contributed by atoms with Crippen molar-refractivity contribution in [3.8, 4) is 0 Å². The second kappa shape index (κ2) is 6.32. The van der Waals surface area contributed by atoms with E-state index in [1.807, 2.05) is 0 Å². The molecule has 1 aromatic heterocycles. The molecule has 2 aromatic rings. The number of benzene rings is 1. The van der Waals surface area contributed by atoms with Crippen molar-refractivity contribution < 1.29 is 0 Å². The number of rotatable bonds is 4. The minimum atomic E-state index is -0.00516. The van der Waals surface area contributed by atoms with E-state index in [4.69, 9.17) is 10.8 Å². The molecule has 0 bridgehead atoms. The summed E-state index contributed by atoms with van der Waals surface area (Å²) < 4.78 is 3.22. The van der Waals surface area contributed by atoms with Crippen LogP contribution in [0.5, 0.6) is 0 Å². The Labute approximate surface area is 134 Å². The predicted molar refractivity (Wildman–Crippen MR) is 89.2 cm³/mol. The van der Waals surface area contributed by atoms with E-state index in [2.05, 4.69) is 58.0 Å². The van der Waals surface area contributed by atoms with E-state index in [0.29, 0.717) is 6.04 Å². The number of halogens is 1. The number of aryl methyl sites for hydroxylation is 1. The van der Waals surface area contributed by atoms with Gasteiger partial charge in [0, 0.05) is 23.1 Å². The van der Waals surface area contributed by atoms with Gasteiger partial charge in [-0.15, -0.1) is 0 Å². The van der Waals surface area contributed by atoms with Gasteiger partial charge >= 0.3 is 0 Å². The molecule has 1 aliphatic carbocycles. The Morgan fingerprint density at radius 1 is 1.33 bits per heavy atom. The Morgan fingerprint density at radius 2 is 2.10 bits per heavy atom. The molecule has 1 fully saturated rings. The number of hydrogen-bond donors (Lipinski definition) is 1. The van der Waals surface area contributed by atoms with Crippen LogP contribution in [0.1, 0.15) is 54.6 Å². The number of nitrogens with two attached hydrogens (primary N) is 1. The Bertz CT molecular complexity index is 614. The molecular weight excluding hydrogens is 326 g/mol. The molecule has 1 atom stereocenters. The van der Waals surface area contributed by atoms with Crippen LogP contribution >= 0.6 is 15.9 Å². The summed E-state index contributed by atoms with van der Waals surface area (Å²) in [5.41, 5.74) is 9.91. The highest BCUT2D eigenvalue weighted by Crippen LogP contribution is 2.29. The minimum Gasteiger partial charge on any atom is -0.324 e. The summed E-state index contributed by atoms with van der Waals surface area (Å²) in [5.74, 6) is 0. The Hall–Kier alpha value is -1.13. The SMILES string of the molecule is Cc1ccc(Br)cc1C(N)Cc1ccn(C2CCCC2)n1. The summed E-state index contributed by atoms with van der Waals surface area (Å²) in [4.78, 5) is 0. The summed E-state index contributed by atoms with van der Waals surface area (Å²) in [6.07, 6.45) is 8.09. The van der Waals surface area contributed by atoms with Gasteiger partial charge in [-0.05, 0) is 49.1 Å². The van der Waals surface area contributed by atoms with Gasteiger partial charge in [-0.1, -0.05) is 34.8 Å². The summed E-state index contributed by atoms with van der Waals surface area (Å²) in [5, 5.41) is 4.73. The fourth-order valence-electron chi connectivity index (χ4n) is 3.20. The molecule has 2 N–H and O–H groups in total. The van der Waals surface area contributed by atoms with Gasteiger partial charge in [-0.2, -0.15) is 5.10 Å². The van der Waals surface area contributed by atoms with Crippen LogP contribution in [0.2, 0.25) is 0 Å². The van der Waals surface area contributed by atoms with Gasteiger partial charge in [-0.3, -0.25) is 4.68 Å². The molecule has 1 aromatic carbocycles. The summed E-state index contributed by atoms with van der Waals surface area (Å²) in [6, 6.07) is 8.99. The smallest absolute Gasteiger partial charge is 0.0643 e. The number of aromatic nitrogens is 2. The molecule has 1 unspecified atom stereocenters. The third-order valence-electron chi connectivity index (χ3n) is 4.43. The van der Waals surface area contributed by atoms with Crippen LogP contribution in [0.25, 0.3) is 0 Å². The van der Waals surface area contributed by atoms with Crippen LogP contribution in [0.15, 0.2) is 34.9 Å². The summed E-state index contributed by atoms with van der Waals surface area (Å²) >= 11 is 3.52. The number of hydrogen-bond acceptors (Lipinski definition) is 2. The van der Waals surface area contributed by atoms with E-state index in [1.165, 1.54) is 36.8 Å². The lowest BCUT2D eigenvalue weighted by atomic mass is 9.98. The lowest BCUT2D eigenvalue weighted by molar-refractivity contribution is 0.461. The second-order valence-corrected chi connectivity index (χ2v) is 6.95. The first-order valence-corrected chi connectivity index (χ1v) is 8.48. The van der Waals surface area contributed by atoms with Crippen LogP contribution in [-0.2, 0) is 6.42 Å².